The molecule has 0 spiro atoms. The smallest absolute Gasteiger partial charge is 0.320 e. The molecule has 1 amide bonds. The van der Waals surface area contributed by atoms with Gasteiger partial charge in [-0.2, -0.15) is 40.2 Å². The van der Waals surface area contributed by atoms with Crippen LogP contribution in [0.2, 0.25) is 0 Å². The Labute approximate surface area is 221 Å². The third-order valence-corrected chi connectivity index (χ3v) is 6.21. The van der Waals surface area contributed by atoms with Crippen molar-refractivity contribution in [3.05, 3.63) is 73.2 Å². The molecule has 0 aliphatic rings. The predicted octanol–water partition coefficient (Wildman–Crippen LogP) is 6.88. The van der Waals surface area contributed by atoms with Gasteiger partial charge < -0.3 is 5.32 Å². The van der Waals surface area contributed by atoms with Crippen LogP contribution in [-0.2, 0) is 5.67 Å². The van der Waals surface area contributed by atoms with E-state index in [0.29, 0.717) is 0 Å². The number of nitro groups is 1. The van der Waals surface area contributed by atoms with Crippen LogP contribution in [0.4, 0.5) is 50.9 Å². The summed E-state index contributed by atoms with van der Waals surface area (Å²) in [5, 5.41) is 17.3. The van der Waals surface area contributed by atoms with Gasteiger partial charge >= 0.3 is 23.9 Å². The Hall–Kier alpha value is -3.22. The fourth-order valence-electron chi connectivity index (χ4n) is 3.13. The van der Waals surface area contributed by atoms with Gasteiger partial charge in [-0.15, -0.1) is 0 Å². The van der Waals surface area contributed by atoms with Gasteiger partial charge in [0.25, 0.3) is 11.6 Å². The first-order valence-electron chi connectivity index (χ1n) is 9.47. The number of halogens is 11. The highest BCUT2D eigenvalue weighted by molar-refractivity contribution is 9.11. The van der Waals surface area contributed by atoms with Crippen molar-refractivity contribution < 1.29 is 49.2 Å². The number of hydrogen-bond donors (Lipinski definition) is 1. The van der Waals surface area contributed by atoms with E-state index in [0.717, 1.165) is 35.5 Å². The van der Waals surface area contributed by atoms with Crippen LogP contribution >= 0.6 is 31.9 Å². The number of rotatable bonds is 6. The summed E-state index contributed by atoms with van der Waals surface area (Å²) < 4.78 is 120. The maximum absolute atomic E-state index is 14.8. The number of carbonyl (C=O) groups is 1. The molecule has 3 aromatic rings. The van der Waals surface area contributed by atoms with Gasteiger partial charge in [0.2, 0.25) is 0 Å². The lowest BCUT2D eigenvalue weighted by atomic mass is 9.87. The summed E-state index contributed by atoms with van der Waals surface area (Å²) in [5.74, 6) is -8.01. The van der Waals surface area contributed by atoms with Crippen LogP contribution in [0.3, 0.4) is 0 Å². The van der Waals surface area contributed by atoms with E-state index < -0.39 is 60.7 Å². The maximum atomic E-state index is 14.8. The molecule has 1 aromatic heterocycles. The maximum Gasteiger partial charge on any atom is 0.457 e. The van der Waals surface area contributed by atoms with Crippen LogP contribution < -0.4 is 5.32 Å². The van der Waals surface area contributed by atoms with Gasteiger partial charge in [-0.05, 0) is 56.1 Å². The number of carbonyl (C=O) groups excluding carboxylic acids is 1. The van der Waals surface area contributed by atoms with Crippen LogP contribution in [0.15, 0.2) is 51.9 Å². The zero-order valence-electron chi connectivity index (χ0n) is 17.7. The molecule has 0 bridgehead atoms. The van der Waals surface area contributed by atoms with Crippen LogP contribution in [0.5, 0.6) is 0 Å². The average molecular weight is 685 g/mol. The van der Waals surface area contributed by atoms with Crippen LogP contribution in [0.25, 0.3) is 5.69 Å². The molecule has 1 heterocycles. The normalized spacial score (nSPS) is 14.2. The van der Waals surface area contributed by atoms with Crippen LogP contribution in [-0.4, -0.2) is 43.9 Å². The largest absolute Gasteiger partial charge is 0.457 e. The SMILES string of the molecule is O=C(Nc1c(Br)cc(C(F)(C(F)(F)F)C(F)(F)C(F)(F)F)cc1Br)c1ccc(-n2cncn2)c([N+](=O)[O-])c1. The van der Waals surface area contributed by atoms with E-state index in [9.17, 15) is 54.4 Å². The quantitative estimate of drug-likeness (QED) is 0.173. The number of anilines is 1. The minimum absolute atomic E-state index is 0.0101. The predicted molar refractivity (Wildman–Crippen MR) is 118 cm³/mol. The molecule has 0 fully saturated rings. The molecule has 8 nitrogen and oxygen atoms in total. The Morgan fingerprint density at radius 1 is 0.947 bits per heavy atom. The first kappa shape index (κ1) is 29.3. The Morgan fingerprint density at radius 2 is 1.53 bits per heavy atom. The fourth-order valence-corrected chi connectivity index (χ4v) is 4.52. The minimum Gasteiger partial charge on any atom is -0.320 e. The van der Waals surface area contributed by atoms with E-state index >= 15 is 0 Å². The van der Waals surface area contributed by atoms with Crippen LogP contribution in [0, 0.1) is 10.1 Å². The van der Waals surface area contributed by atoms with Crippen molar-refractivity contribution in [2.24, 2.45) is 0 Å². The number of aromatic nitrogens is 3. The molecule has 1 atom stereocenters. The van der Waals surface area contributed by atoms with E-state index in [2.05, 4.69) is 47.3 Å². The molecule has 1 unspecified atom stereocenters. The highest BCUT2D eigenvalue weighted by Crippen LogP contribution is 2.59. The molecular formula is C19H8Br2F9N5O3. The molecule has 0 saturated carbocycles. The van der Waals surface area contributed by atoms with Crippen molar-refractivity contribution in [1.82, 2.24) is 14.8 Å². The Morgan fingerprint density at radius 3 is 1.97 bits per heavy atom. The van der Waals surface area contributed by atoms with Crippen molar-refractivity contribution >= 4 is 49.1 Å². The molecule has 1 N–H and O–H groups in total. The van der Waals surface area contributed by atoms with E-state index in [1.54, 1.807) is 0 Å². The number of hydrogen-bond acceptors (Lipinski definition) is 5. The summed E-state index contributed by atoms with van der Waals surface area (Å²) in [6.45, 7) is 0. The van der Waals surface area contributed by atoms with Crippen molar-refractivity contribution in [1.29, 1.82) is 0 Å². The highest BCUT2D eigenvalue weighted by Gasteiger charge is 2.81. The van der Waals surface area contributed by atoms with Crippen molar-refractivity contribution in [3.63, 3.8) is 0 Å². The van der Waals surface area contributed by atoms with Crippen molar-refractivity contribution in [3.8, 4) is 5.69 Å². The Bertz CT molecular complexity index is 1370. The number of alkyl halides is 9. The van der Waals surface area contributed by atoms with Gasteiger partial charge in [-0.3, -0.25) is 14.9 Å². The van der Waals surface area contributed by atoms with Crippen molar-refractivity contribution in [2.75, 3.05) is 5.32 Å². The first-order chi connectivity index (χ1) is 17.3. The number of nitrogens with one attached hydrogen (secondary N) is 1. The number of nitro benzene ring substituents is 1. The first-order valence-corrected chi connectivity index (χ1v) is 11.1. The van der Waals surface area contributed by atoms with Gasteiger partial charge in [-0.1, -0.05) is 0 Å². The standard InChI is InChI=1S/C19H8Br2F9N5O3/c20-10-4-9(16(22,18(25,26)27)17(23,24)19(28,29)30)5-11(21)14(10)33-15(36)8-1-2-12(13(3-8)35(37)38)34-7-31-6-32-34/h1-7H,(H,33,36). The van der Waals surface area contributed by atoms with Gasteiger partial charge in [0.1, 0.15) is 18.3 Å². The molecule has 0 aliphatic carbocycles. The lowest BCUT2D eigenvalue weighted by Crippen LogP contribution is -2.59. The zero-order chi connectivity index (χ0) is 28.8. The molecule has 19 heteroatoms. The summed E-state index contributed by atoms with van der Waals surface area (Å²) in [6.07, 6.45) is -11.4. The fraction of sp³-hybridized carbons (Fsp3) is 0.211. The third kappa shape index (κ3) is 4.95. The van der Waals surface area contributed by atoms with Gasteiger partial charge in [0, 0.05) is 26.1 Å². The summed E-state index contributed by atoms with van der Waals surface area (Å²) in [7, 11) is 0. The zero-order valence-corrected chi connectivity index (χ0v) is 20.9. The molecule has 38 heavy (non-hydrogen) atoms. The monoisotopic (exact) mass is 683 g/mol. The van der Waals surface area contributed by atoms with E-state index in [-0.39, 0.29) is 23.4 Å². The molecule has 3 rings (SSSR count). The van der Waals surface area contributed by atoms with E-state index in [1.165, 1.54) is 0 Å². The molecule has 0 aliphatic heterocycles. The molecule has 2 aromatic carbocycles. The molecular weight excluding hydrogens is 677 g/mol. The summed E-state index contributed by atoms with van der Waals surface area (Å²) >= 11 is 5.24. The minimum atomic E-state index is -6.92. The second-order valence-corrected chi connectivity index (χ2v) is 9.01. The van der Waals surface area contributed by atoms with Crippen LogP contribution in [0.1, 0.15) is 15.9 Å². The number of benzene rings is 2. The lowest BCUT2D eigenvalue weighted by Gasteiger charge is -2.36. The number of amides is 1. The highest BCUT2D eigenvalue weighted by atomic mass is 79.9. The van der Waals surface area contributed by atoms with Gasteiger partial charge in [-0.25, -0.2) is 14.1 Å². The van der Waals surface area contributed by atoms with Crippen molar-refractivity contribution in [2.45, 2.75) is 23.9 Å². The Balaban J connectivity index is 2.04. The lowest BCUT2D eigenvalue weighted by molar-refractivity contribution is -0.389. The summed E-state index contributed by atoms with van der Waals surface area (Å²) in [5.41, 5.74) is -9.92. The Kier molecular flexibility index (Phi) is 7.59. The molecule has 0 radical (unpaired) electrons. The summed E-state index contributed by atoms with van der Waals surface area (Å²) in [6, 6.07) is 3.00. The van der Waals surface area contributed by atoms with Gasteiger partial charge in [0.05, 0.1) is 10.6 Å². The summed E-state index contributed by atoms with van der Waals surface area (Å²) in [4.78, 5) is 26.9. The third-order valence-electron chi connectivity index (χ3n) is 4.96. The molecule has 204 valence electrons. The van der Waals surface area contributed by atoms with Gasteiger partial charge in [0.15, 0.2) is 0 Å². The van der Waals surface area contributed by atoms with E-state index in [4.69, 9.17) is 0 Å². The second kappa shape index (κ2) is 9.83. The second-order valence-electron chi connectivity index (χ2n) is 7.30. The number of nitrogens with zero attached hydrogens (tertiary/aromatic N) is 4. The topological polar surface area (TPSA) is 103 Å². The van der Waals surface area contributed by atoms with E-state index in [1.807, 2.05) is 0 Å². The molecule has 0 saturated heterocycles. The average Bonchev–Trinajstić information content (AvgIpc) is 3.33.